The molecular weight excluding hydrogens is 464 g/mol. The molecule has 0 aromatic carbocycles. The Morgan fingerprint density at radius 2 is 1.69 bits per heavy atom. The number of sulfonamides is 1. The second-order valence-corrected chi connectivity index (χ2v) is 15.7. The molecule has 202 valence electrons. The van der Waals surface area contributed by atoms with Gasteiger partial charge in [-0.05, 0) is 91.3 Å². The van der Waals surface area contributed by atoms with Crippen LogP contribution in [-0.4, -0.2) is 61.4 Å². The van der Waals surface area contributed by atoms with Crippen LogP contribution in [0.1, 0.15) is 86.0 Å². The Kier molecular flexibility index (Phi) is 5.94. The summed E-state index contributed by atoms with van der Waals surface area (Å²) in [5.41, 5.74) is 6.88. The average molecular weight is 513 g/mol. The molecule has 5 aliphatic carbocycles. The number of aliphatic hydroxyl groups excluding tert-OH is 2. The van der Waals surface area contributed by atoms with Gasteiger partial charge in [-0.25, -0.2) is 13.1 Å². The van der Waals surface area contributed by atoms with E-state index in [2.05, 4.69) is 32.4 Å². The van der Waals surface area contributed by atoms with Gasteiger partial charge < -0.3 is 20.7 Å². The minimum absolute atomic E-state index is 0.0802. The van der Waals surface area contributed by atoms with Crippen molar-refractivity contribution < 1.29 is 23.4 Å². The summed E-state index contributed by atoms with van der Waals surface area (Å²) in [5, 5.41) is 22.8. The summed E-state index contributed by atoms with van der Waals surface area (Å²) >= 11 is 0. The highest BCUT2D eigenvalue weighted by Crippen LogP contribution is 2.87. The lowest BCUT2D eigenvalue weighted by Gasteiger charge is -2.62. The number of aliphatic hydroxyl groups is 2. The van der Waals surface area contributed by atoms with Crippen molar-refractivity contribution in [2.75, 3.05) is 12.8 Å². The first-order valence-corrected chi connectivity index (χ1v) is 15.7. The van der Waals surface area contributed by atoms with Gasteiger partial charge in [-0.3, -0.25) is 0 Å². The molecule has 0 aliphatic heterocycles. The van der Waals surface area contributed by atoms with Crippen LogP contribution in [0.4, 0.5) is 0 Å². The Labute approximate surface area is 212 Å². The van der Waals surface area contributed by atoms with Crippen LogP contribution in [-0.2, 0) is 14.8 Å². The average Bonchev–Trinajstić information content (AvgIpc) is 3.41. The monoisotopic (exact) mass is 512 g/mol. The SMILES string of the molecule is CCC1C(OC(C)CNS(C)(=O)=O)C(O)C2(N)C3CCC4C(C)(C)C(O)CCC45CC35CCC12C. The Balaban J connectivity index is 1.45. The van der Waals surface area contributed by atoms with Gasteiger partial charge in [-0.2, -0.15) is 0 Å². The first kappa shape index (κ1) is 26.4. The van der Waals surface area contributed by atoms with Gasteiger partial charge in [-0.1, -0.05) is 34.1 Å². The fraction of sp³-hybridized carbons (Fsp3) is 1.00. The molecule has 35 heavy (non-hydrogen) atoms. The maximum Gasteiger partial charge on any atom is 0.208 e. The lowest BCUT2D eigenvalue weighted by atomic mass is 9.44. The third-order valence-corrected chi connectivity index (χ3v) is 13.0. The van der Waals surface area contributed by atoms with E-state index in [0.717, 1.165) is 51.2 Å². The van der Waals surface area contributed by atoms with Crippen molar-refractivity contribution in [3.63, 3.8) is 0 Å². The quantitative estimate of drug-likeness (QED) is 0.434. The predicted octanol–water partition coefficient (Wildman–Crippen LogP) is 2.79. The van der Waals surface area contributed by atoms with Crippen molar-refractivity contribution in [2.45, 2.75) is 116 Å². The fourth-order valence-electron chi connectivity index (χ4n) is 10.6. The Bertz CT molecular complexity index is 973. The van der Waals surface area contributed by atoms with Crippen LogP contribution >= 0.6 is 0 Å². The topological polar surface area (TPSA) is 122 Å². The summed E-state index contributed by atoms with van der Waals surface area (Å²) in [5.74, 6) is 0.883. The third-order valence-electron chi connectivity index (χ3n) is 12.3. The molecular formula is C27H48N2O5S. The minimum atomic E-state index is -3.31. The third kappa shape index (κ3) is 3.29. The van der Waals surface area contributed by atoms with Crippen LogP contribution in [0.15, 0.2) is 0 Å². The van der Waals surface area contributed by atoms with Crippen molar-refractivity contribution in [3.05, 3.63) is 0 Å². The van der Waals surface area contributed by atoms with Gasteiger partial charge in [0, 0.05) is 6.54 Å². The molecule has 0 amide bonds. The van der Waals surface area contributed by atoms with E-state index in [0.29, 0.717) is 5.92 Å². The number of hydrogen-bond acceptors (Lipinski definition) is 6. The Morgan fingerprint density at radius 3 is 2.31 bits per heavy atom. The highest BCUT2D eigenvalue weighted by atomic mass is 32.2. The maximum absolute atomic E-state index is 12.0. The van der Waals surface area contributed by atoms with Crippen LogP contribution in [0.2, 0.25) is 0 Å². The smallest absolute Gasteiger partial charge is 0.208 e. The molecule has 5 rings (SSSR count). The summed E-state index contributed by atoms with van der Waals surface area (Å²) in [6.07, 6.45) is 7.57. The van der Waals surface area contributed by atoms with E-state index in [9.17, 15) is 18.6 Å². The fourth-order valence-corrected chi connectivity index (χ4v) is 11.1. The largest absolute Gasteiger partial charge is 0.393 e. The molecule has 2 spiro atoms. The highest BCUT2D eigenvalue weighted by Gasteiger charge is 2.84. The molecule has 0 heterocycles. The maximum atomic E-state index is 12.0. The first-order valence-electron chi connectivity index (χ1n) is 13.9. The van der Waals surface area contributed by atoms with E-state index >= 15 is 0 Å². The normalized spacial score (nSPS) is 53.2. The Hall–Kier alpha value is -0.250. The molecule has 0 aromatic heterocycles. The number of rotatable bonds is 6. The Morgan fingerprint density at radius 1 is 1.06 bits per heavy atom. The van der Waals surface area contributed by atoms with Crippen molar-refractivity contribution >= 4 is 10.0 Å². The predicted molar refractivity (Wildman–Crippen MR) is 136 cm³/mol. The van der Waals surface area contributed by atoms with E-state index < -0.39 is 27.8 Å². The van der Waals surface area contributed by atoms with E-state index in [1.807, 2.05) is 6.92 Å². The molecule has 0 saturated heterocycles. The van der Waals surface area contributed by atoms with Gasteiger partial charge in [-0.15, -0.1) is 0 Å². The molecule has 5 N–H and O–H groups in total. The number of fused-ring (bicyclic) bond motifs is 2. The van der Waals surface area contributed by atoms with Crippen molar-refractivity contribution in [2.24, 2.45) is 45.1 Å². The van der Waals surface area contributed by atoms with Gasteiger partial charge in [0.2, 0.25) is 10.0 Å². The zero-order valence-corrected chi connectivity index (χ0v) is 23.3. The van der Waals surface area contributed by atoms with Gasteiger partial charge in [0.1, 0.15) is 0 Å². The van der Waals surface area contributed by atoms with Gasteiger partial charge >= 0.3 is 0 Å². The zero-order chi connectivity index (χ0) is 25.8. The molecule has 5 aliphatic rings. The zero-order valence-electron chi connectivity index (χ0n) is 22.5. The van der Waals surface area contributed by atoms with E-state index in [1.165, 1.54) is 6.42 Å². The molecule has 0 radical (unpaired) electrons. The molecule has 7 nitrogen and oxygen atoms in total. The van der Waals surface area contributed by atoms with Crippen LogP contribution in [0, 0.1) is 39.4 Å². The molecule has 0 aromatic rings. The van der Waals surface area contributed by atoms with Gasteiger partial charge in [0.05, 0.1) is 36.2 Å². The second kappa shape index (κ2) is 7.89. The number of nitrogens with two attached hydrogens (primary N) is 1. The van der Waals surface area contributed by atoms with Crippen LogP contribution in [0.3, 0.4) is 0 Å². The van der Waals surface area contributed by atoms with Crippen molar-refractivity contribution in [3.8, 4) is 0 Å². The van der Waals surface area contributed by atoms with Crippen LogP contribution in [0.25, 0.3) is 0 Å². The van der Waals surface area contributed by atoms with E-state index in [1.54, 1.807) is 0 Å². The molecule has 11 atom stereocenters. The van der Waals surface area contributed by atoms with Crippen LogP contribution < -0.4 is 10.5 Å². The number of hydrogen-bond donors (Lipinski definition) is 4. The van der Waals surface area contributed by atoms with Crippen molar-refractivity contribution in [1.82, 2.24) is 4.72 Å². The summed E-state index contributed by atoms with van der Waals surface area (Å²) in [6, 6.07) is 0. The lowest BCUT2D eigenvalue weighted by Crippen LogP contribution is -2.70. The minimum Gasteiger partial charge on any atom is -0.393 e. The van der Waals surface area contributed by atoms with Crippen molar-refractivity contribution in [1.29, 1.82) is 0 Å². The molecule has 8 heteroatoms. The standard InChI is InChI=1S/C27H48N2O5S/c1-7-17-21(34-16(2)14-29-35(6,32)33)22(31)27(28)19-9-8-18-23(3,4)20(30)10-11-25(18)15-26(19,25)13-12-24(17,27)5/h16-22,29-31H,7-15,28H2,1-6H3. The molecule has 5 saturated carbocycles. The number of ether oxygens (including phenoxy) is 1. The molecule has 11 unspecified atom stereocenters. The molecule has 5 fully saturated rings. The highest BCUT2D eigenvalue weighted by molar-refractivity contribution is 7.88. The molecule has 0 bridgehead atoms. The summed E-state index contributed by atoms with van der Waals surface area (Å²) in [6.45, 7) is 11.0. The number of nitrogens with one attached hydrogen (secondary N) is 1. The van der Waals surface area contributed by atoms with Crippen LogP contribution in [0.5, 0.6) is 0 Å². The van der Waals surface area contributed by atoms with E-state index in [4.69, 9.17) is 10.5 Å². The summed E-state index contributed by atoms with van der Waals surface area (Å²) in [7, 11) is -3.31. The second-order valence-electron chi connectivity index (χ2n) is 13.9. The van der Waals surface area contributed by atoms with Gasteiger partial charge in [0.25, 0.3) is 0 Å². The van der Waals surface area contributed by atoms with Gasteiger partial charge in [0.15, 0.2) is 0 Å². The first-order chi connectivity index (χ1) is 16.1. The lowest BCUT2D eigenvalue weighted by molar-refractivity contribution is -0.152. The van der Waals surface area contributed by atoms with E-state index in [-0.39, 0.29) is 52.2 Å². The summed E-state index contributed by atoms with van der Waals surface area (Å²) in [4.78, 5) is 0. The summed E-state index contributed by atoms with van der Waals surface area (Å²) < 4.78 is 32.2.